The second-order valence-corrected chi connectivity index (χ2v) is 6.09. The Hall–Kier alpha value is -1.14. The molecule has 6 nitrogen and oxygen atoms in total. The molecule has 4 N–H and O–H groups in total. The van der Waals surface area contributed by atoms with Gasteiger partial charge in [-0.1, -0.05) is 58.3 Å². The number of carbonyl (C=O) groups is 2. The van der Waals surface area contributed by atoms with Gasteiger partial charge in [-0.3, -0.25) is 9.59 Å². The van der Waals surface area contributed by atoms with Gasteiger partial charge < -0.3 is 20.4 Å². The maximum atomic E-state index is 10.0. The Morgan fingerprint density at radius 1 is 0.667 bits per heavy atom. The molecule has 0 aliphatic carbocycles. The summed E-state index contributed by atoms with van der Waals surface area (Å²) in [5.41, 5.74) is 0. The number of hydrogen-bond acceptors (Lipinski definition) is 4. The van der Waals surface area contributed by atoms with Crippen molar-refractivity contribution in [3.63, 3.8) is 0 Å². The summed E-state index contributed by atoms with van der Waals surface area (Å²) in [5.74, 6) is -1.57. The average Bonchev–Trinajstić information content (AvgIpc) is 2.50. The van der Waals surface area contributed by atoms with Gasteiger partial charge in [-0.05, 0) is 25.7 Å². The van der Waals surface area contributed by atoms with Gasteiger partial charge in [0.15, 0.2) is 6.29 Å². The first kappa shape index (κ1) is 25.1. The van der Waals surface area contributed by atoms with E-state index in [-0.39, 0.29) is 12.8 Å². The predicted octanol–water partition coefficient (Wildman–Crippen LogP) is 3.93. The maximum Gasteiger partial charge on any atom is 0.303 e. The summed E-state index contributed by atoms with van der Waals surface area (Å²) >= 11 is 0. The van der Waals surface area contributed by atoms with Gasteiger partial charge in [-0.2, -0.15) is 0 Å². The molecule has 24 heavy (non-hydrogen) atoms. The van der Waals surface area contributed by atoms with E-state index >= 15 is 0 Å². The van der Waals surface area contributed by atoms with Gasteiger partial charge in [0.1, 0.15) is 0 Å². The minimum Gasteiger partial charge on any atom is -0.481 e. The maximum absolute atomic E-state index is 10.0. The van der Waals surface area contributed by atoms with Crippen molar-refractivity contribution >= 4 is 11.9 Å². The van der Waals surface area contributed by atoms with Crippen LogP contribution in [0.4, 0.5) is 0 Å². The van der Waals surface area contributed by atoms with E-state index in [4.69, 9.17) is 20.4 Å². The molecule has 0 aromatic carbocycles. The number of carboxylic acids is 2. The van der Waals surface area contributed by atoms with E-state index in [0.717, 1.165) is 25.7 Å². The van der Waals surface area contributed by atoms with Crippen LogP contribution in [-0.2, 0) is 9.59 Å². The highest BCUT2D eigenvalue weighted by molar-refractivity contribution is 5.66. The molecule has 0 saturated heterocycles. The number of aliphatic carboxylic acids is 2. The van der Waals surface area contributed by atoms with Crippen LogP contribution >= 0.6 is 0 Å². The fourth-order valence-electron chi connectivity index (χ4n) is 2.19. The van der Waals surface area contributed by atoms with Crippen LogP contribution in [0.1, 0.15) is 96.8 Å². The number of aliphatic hydroxyl groups is 2. The van der Waals surface area contributed by atoms with E-state index in [1.807, 2.05) is 0 Å². The third kappa shape index (κ3) is 28.9. The molecule has 0 aromatic heterocycles. The molecule has 0 radical (unpaired) electrons. The first-order valence-electron chi connectivity index (χ1n) is 9.19. The van der Waals surface area contributed by atoms with Crippen molar-refractivity contribution in [2.24, 2.45) is 0 Å². The Labute approximate surface area is 145 Å². The van der Waals surface area contributed by atoms with Crippen LogP contribution < -0.4 is 0 Å². The summed E-state index contributed by atoms with van der Waals surface area (Å²) in [6.07, 6.45) is 11.3. The van der Waals surface area contributed by atoms with Crippen molar-refractivity contribution in [2.75, 3.05) is 0 Å². The molecular weight excluding hydrogens is 312 g/mol. The van der Waals surface area contributed by atoms with Gasteiger partial charge >= 0.3 is 11.9 Å². The average molecular weight is 348 g/mol. The van der Waals surface area contributed by atoms with Gasteiger partial charge in [0.25, 0.3) is 0 Å². The van der Waals surface area contributed by atoms with Crippen molar-refractivity contribution in [2.45, 2.75) is 103 Å². The van der Waals surface area contributed by atoms with Crippen molar-refractivity contribution in [3.8, 4) is 0 Å². The van der Waals surface area contributed by atoms with E-state index in [1.165, 1.54) is 32.1 Å². The lowest BCUT2D eigenvalue weighted by Gasteiger charge is -2.02. The lowest BCUT2D eigenvalue weighted by Crippen LogP contribution is -2.02. The lowest BCUT2D eigenvalue weighted by molar-refractivity contribution is -0.138. The fraction of sp³-hybridized carbons (Fsp3) is 0.889. The van der Waals surface area contributed by atoms with Crippen LogP contribution in [0.5, 0.6) is 0 Å². The molecule has 0 bridgehead atoms. The van der Waals surface area contributed by atoms with E-state index in [0.29, 0.717) is 19.3 Å². The SMILES string of the molecule is CCCCCCCCCC(O)O.O=C(O)CCCCCCC(=O)O. The van der Waals surface area contributed by atoms with Gasteiger partial charge in [-0.15, -0.1) is 0 Å². The number of hydrogen-bond donors (Lipinski definition) is 4. The molecule has 0 heterocycles. The minimum absolute atomic E-state index is 0.188. The van der Waals surface area contributed by atoms with Crippen LogP contribution in [0.3, 0.4) is 0 Å². The zero-order chi connectivity index (χ0) is 18.6. The van der Waals surface area contributed by atoms with Crippen molar-refractivity contribution in [1.82, 2.24) is 0 Å². The smallest absolute Gasteiger partial charge is 0.303 e. The van der Waals surface area contributed by atoms with Crippen molar-refractivity contribution in [3.05, 3.63) is 0 Å². The summed E-state index contributed by atoms with van der Waals surface area (Å²) in [6.45, 7) is 2.21. The standard InChI is InChI=1S/C10H22O2.C8H14O4/c1-2-3-4-5-6-7-8-9-10(11)12;9-7(10)5-3-1-2-4-6-8(11)12/h10-12H,2-9H2,1H3;1-6H2,(H,9,10)(H,11,12). The zero-order valence-corrected chi connectivity index (χ0v) is 15.1. The highest BCUT2D eigenvalue weighted by Crippen LogP contribution is 2.08. The van der Waals surface area contributed by atoms with E-state index < -0.39 is 18.2 Å². The van der Waals surface area contributed by atoms with Crippen LogP contribution in [0.15, 0.2) is 0 Å². The topological polar surface area (TPSA) is 115 Å². The molecule has 0 fully saturated rings. The van der Waals surface area contributed by atoms with Gasteiger partial charge in [0.2, 0.25) is 0 Å². The first-order valence-corrected chi connectivity index (χ1v) is 9.19. The summed E-state index contributed by atoms with van der Waals surface area (Å²) < 4.78 is 0. The first-order chi connectivity index (χ1) is 11.4. The number of aliphatic hydroxyl groups excluding tert-OH is 1. The summed E-state index contributed by atoms with van der Waals surface area (Å²) in [6, 6.07) is 0. The monoisotopic (exact) mass is 348 g/mol. The molecule has 6 heteroatoms. The zero-order valence-electron chi connectivity index (χ0n) is 15.1. The molecule has 0 aliphatic rings. The Balaban J connectivity index is 0. The van der Waals surface area contributed by atoms with Crippen LogP contribution in [0.2, 0.25) is 0 Å². The Bertz CT molecular complexity index is 273. The summed E-state index contributed by atoms with van der Waals surface area (Å²) in [7, 11) is 0. The fourth-order valence-corrected chi connectivity index (χ4v) is 2.19. The summed E-state index contributed by atoms with van der Waals surface area (Å²) in [4.78, 5) is 20.1. The highest BCUT2D eigenvalue weighted by Gasteiger charge is 1.98. The van der Waals surface area contributed by atoms with Crippen LogP contribution in [-0.4, -0.2) is 38.7 Å². The normalized spacial score (nSPS) is 10.3. The second kappa shape index (κ2) is 19.9. The molecule has 0 aromatic rings. The van der Waals surface area contributed by atoms with Gasteiger partial charge in [0, 0.05) is 12.8 Å². The predicted molar refractivity (Wildman–Crippen MR) is 93.8 cm³/mol. The number of carboxylic acid groups (broad SMARTS) is 2. The largest absolute Gasteiger partial charge is 0.481 e. The van der Waals surface area contributed by atoms with E-state index in [9.17, 15) is 9.59 Å². The van der Waals surface area contributed by atoms with Gasteiger partial charge in [0.05, 0.1) is 0 Å². The number of unbranched alkanes of at least 4 members (excludes halogenated alkanes) is 9. The Kier molecular flexibility index (Phi) is 20.8. The molecule has 0 spiro atoms. The van der Waals surface area contributed by atoms with Crippen molar-refractivity contribution < 1.29 is 30.0 Å². The second-order valence-electron chi connectivity index (χ2n) is 6.09. The molecular formula is C18H36O6. The molecule has 0 atom stereocenters. The van der Waals surface area contributed by atoms with Crippen LogP contribution in [0.25, 0.3) is 0 Å². The molecule has 0 saturated carbocycles. The molecule has 0 aliphatic heterocycles. The molecule has 0 unspecified atom stereocenters. The van der Waals surface area contributed by atoms with Crippen molar-refractivity contribution in [1.29, 1.82) is 0 Å². The third-order valence-electron chi connectivity index (χ3n) is 3.60. The molecule has 0 amide bonds. The quantitative estimate of drug-likeness (QED) is 0.263. The lowest BCUT2D eigenvalue weighted by atomic mass is 10.1. The molecule has 144 valence electrons. The molecule has 0 rings (SSSR count). The third-order valence-corrected chi connectivity index (χ3v) is 3.60. The Morgan fingerprint density at radius 3 is 1.42 bits per heavy atom. The van der Waals surface area contributed by atoms with Gasteiger partial charge in [-0.25, -0.2) is 0 Å². The number of rotatable bonds is 15. The van der Waals surface area contributed by atoms with E-state index in [2.05, 4.69) is 6.92 Å². The van der Waals surface area contributed by atoms with E-state index in [1.54, 1.807) is 0 Å². The van der Waals surface area contributed by atoms with Crippen LogP contribution in [0, 0.1) is 0 Å². The minimum atomic E-state index is -1.10. The summed E-state index contributed by atoms with van der Waals surface area (Å²) in [5, 5.41) is 33.6. The highest BCUT2D eigenvalue weighted by atomic mass is 16.5. The Morgan fingerprint density at radius 2 is 1.04 bits per heavy atom.